The maximum absolute atomic E-state index is 13.0. The molecule has 0 spiro atoms. The van der Waals surface area contributed by atoms with Crippen LogP contribution in [0.1, 0.15) is 37.3 Å². The Balaban J connectivity index is 1.96. The second-order valence-electron chi connectivity index (χ2n) is 8.32. The van der Waals surface area contributed by atoms with Crippen molar-refractivity contribution in [3.8, 4) is 11.5 Å². The maximum Gasteiger partial charge on any atom is 0.306 e. The number of aliphatic carboxylic acids is 1. The highest BCUT2D eigenvalue weighted by Gasteiger charge is 2.22. The first-order valence-corrected chi connectivity index (χ1v) is 12.6. The van der Waals surface area contributed by atoms with Gasteiger partial charge in [-0.2, -0.15) is 0 Å². The summed E-state index contributed by atoms with van der Waals surface area (Å²) < 4.78 is 39.2. The number of carboxylic acid groups (broad SMARTS) is 1. The molecular formula is C24H33N3O7S. The normalized spacial score (nSPS) is 12.0. The van der Waals surface area contributed by atoms with E-state index in [1.54, 1.807) is 39.0 Å². The van der Waals surface area contributed by atoms with Gasteiger partial charge in [0.25, 0.3) is 15.9 Å². The van der Waals surface area contributed by atoms with Gasteiger partial charge in [-0.25, -0.2) is 8.42 Å². The lowest BCUT2D eigenvalue weighted by atomic mass is 10.0. The number of amides is 1. The Morgan fingerprint density at radius 3 is 2.31 bits per heavy atom. The third-order valence-corrected chi connectivity index (χ3v) is 7.05. The van der Waals surface area contributed by atoms with Gasteiger partial charge in [0.15, 0.2) is 6.61 Å². The van der Waals surface area contributed by atoms with Crippen molar-refractivity contribution < 1.29 is 32.6 Å². The molecule has 2 aromatic carbocycles. The Bertz CT molecular complexity index is 1140. The number of benzene rings is 2. The number of carbonyl (C=O) groups is 2. The number of anilines is 2. The molecule has 0 saturated carbocycles. The minimum absolute atomic E-state index is 0.0973. The number of aryl methyl sites for hydroxylation is 2. The van der Waals surface area contributed by atoms with E-state index in [-0.39, 0.29) is 28.8 Å². The van der Waals surface area contributed by atoms with Crippen molar-refractivity contribution in [2.45, 2.75) is 44.9 Å². The first-order valence-electron chi connectivity index (χ1n) is 11.1. The minimum Gasteiger partial charge on any atom is -0.497 e. The van der Waals surface area contributed by atoms with Crippen molar-refractivity contribution >= 4 is 33.3 Å². The molecule has 0 aliphatic carbocycles. The number of sulfonamides is 1. The molecule has 35 heavy (non-hydrogen) atoms. The van der Waals surface area contributed by atoms with Crippen LogP contribution in [-0.4, -0.2) is 45.7 Å². The van der Waals surface area contributed by atoms with Crippen LogP contribution in [0.4, 0.5) is 11.4 Å². The fourth-order valence-corrected chi connectivity index (χ4v) is 5.04. The van der Waals surface area contributed by atoms with Gasteiger partial charge >= 0.3 is 5.97 Å². The van der Waals surface area contributed by atoms with Gasteiger partial charge in [0, 0.05) is 12.6 Å². The average molecular weight is 508 g/mol. The number of ether oxygens (including phenoxy) is 2. The van der Waals surface area contributed by atoms with E-state index in [9.17, 15) is 18.0 Å². The molecule has 1 amide bonds. The summed E-state index contributed by atoms with van der Waals surface area (Å²) in [5.74, 6) is -0.673. The van der Waals surface area contributed by atoms with E-state index >= 15 is 0 Å². The molecule has 0 aromatic heterocycles. The summed E-state index contributed by atoms with van der Waals surface area (Å²) in [6.45, 7) is 5.13. The summed E-state index contributed by atoms with van der Waals surface area (Å²) in [6, 6.07) is 7.76. The fraction of sp³-hybridized carbons (Fsp3) is 0.417. The highest BCUT2D eigenvalue weighted by atomic mass is 32.2. The Hall–Kier alpha value is -3.47. The summed E-state index contributed by atoms with van der Waals surface area (Å²) >= 11 is 0. The number of nitrogens with two attached hydrogens (primary N) is 1. The van der Waals surface area contributed by atoms with Gasteiger partial charge < -0.3 is 25.6 Å². The highest BCUT2D eigenvalue weighted by molar-refractivity contribution is 7.92. The third kappa shape index (κ3) is 8.06. The number of carboxylic acids is 1. The quantitative estimate of drug-likeness (QED) is 0.238. The predicted octanol–water partition coefficient (Wildman–Crippen LogP) is 3.08. The Kier molecular flexibility index (Phi) is 9.76. The summed E-state index contributed by atoms with van der Waals surface area (Å²) in [5.41, 5.74) is 7.30. The predicted molar refractivity (Wildman–Crippen MR) is 133 cm³/mol. The van der Waals surface area contributed by atoms with Crippen molar-refractivity contribution in [3.05, 3.63) is 41.5 Å². The molecule has 0 heterocycles. The first-order chi connectivity index (χ1) is 16.4. The molecular weight excluding hydrogens is 474 g/mol. The van der Waals surface area contributed by atoms with Crippen LogP contribution in [0.2, 0.25) is 0 Å². The Morgan fingerprint density at radius 1 is 1.09 bits per heavy atom. The van der Waals surface area contributed by atoms with E-state index < -0.39 is 21.9 Å². The van der Waals surface area contributed by atoms with Crippen LogP contribution in [0.25, 0.3) is 0 Å². The van der Waals surface area contributed by atoms with Crippen molar-refractivity contribution in [2.24, 2.45) is 5.92 Å². The number of methoxy groups -OCH3 is 1. The molecule has 2 aromatic rings. The van der Waals surface area contributed by atoms with Gasteiger partial charge in [-0.05, 0) is 62.1 Å². The van der Waals surface area contributed by atoms with E-state index in [0.717, 1.165) is 0 Å². The summed E-state index contributed by atoms with van der Waals surface area (Å²) in [6.07, 6.45) is 1.91. The van der Waals surface area contributed by atoms with E-state index in [0.29, 0.717) is 48.4 Å². The molecule has 2 rings (SSSR count). The molecule has 192 valence electrons. The monoisotopic (exact) mass is 507 g/mol. The van der Waals surface area contributed by atoms with Crippen molar-refractivity contribution in [2.75, 3.05) is 30.7 Å². The SMILES string of the molecule is COc1ccc(NS(=O)(=O)c2c(C)cc(OCC(=O)NCCCCC(C)C(=O)O)cc2C)c(N)c1. The van der Waals surface area contributed by atoms with Gasteiger partial charge in [0.1, 0.15) is 11.5 Å². The number of unbranched alkanes of at least 4 members (excludes halogenated alkanes) is 1. The molecule has 10 nitrogen and oxygen atoms in total. The molecule has 0 radical (unpaired) electrons. The van der Waals surface area contributed by atoms with Crippen molar-refractivity contribution in [3.63, 3.8) is 0 Å². The lowest BCUT2D eigenvalue weighted by Gasteiger charge is -2.16. The Morgan fingerprint density at radius 2 is 1.74 bits per heavy atom. The van der Waals surface area contributed by atoms with Gasteiger partial charge in [-0.1, -0.05) is 13.3 Å². The summed E-state index contributed by atoms with van der Waals surface area (Å²) in [5, 5.41) is 11.6. The van der Waals surface area contributed by atoms with Crippen molar-refractivity contribution in [1.29, 1.82) is 0 Å². The standard InChI is InChI=1S/C24H33N3O7S/c1-15(24(29)30)7-5-6-10-26-22(28)14-34-19-11-16(2)23(17(3)12-19)35(31,32)27-21-9-8-18(33-4)13-20(21)25/h8-9,11-13,15,27H,5-7,10,14,25H2,1-4H3,(H,26,28)(H,29,30). The van der Waals surface area contributed by atoms with Gasteiger partial charge in [-0.15, -0.1) is 0 Å². The number of nitrogen functional groups attached to an aromatic ring is 1. The molecule has 11 heteroatoms. The zero-order valence-corrected chi connectivity index (χ0v) is 21.2. The van der Waals surface area contributed by atoms with Gasteiger partial charge in [0.2, 0.25) is 0 Å². The number of carbonyl (C=O) groups excluding carboxylic acids is 1. The lowest BCUT2D eigenvalue weighted by Crippen LogP contribution is -2.29. The van der Waals surface area contributed by atoms with E-state index in [1.807, 2.05) is 0 Å². The molecule has 0 bridgehead atoms. The molecule has 0 saturated heterocycles. The third-order valence-electron chi connectivity index (χ3n) is 5.38. The number of rotatable bonds is 13. The second kappa shape index (κ2) is 12.3. The van der Waals surface area contributed by atoms with Crippen LogP contribution in [0.15, 0.2) is 35.2 Å². The molecule has 1 unspecified atom stereocenters. The zero-order valence-electron chi connectivity index (χ0n) is 20.4. The lowest BCUT2D eigenvalue weighted by molar-refractivity contribution is -0.141. The average Bonchev–Trinajstić information content (AvgIpc) is 2.77. The van der Waals surface area contributed by atoms with Crippen molar-refractivity contribution in [1.82, 2.24) is 5.32 Å². The largest absolute Gasteiger partial charge is 0.497 e. The maximum atomic E-state index is 13.0. The molecule has 1 atom stereocenters. The van der Waals surface area contributed by atoms with Gasteiger partial charge in [-0.3, -0.25) is 14.3 Å². The first kappa shape index (κ1) is 27.8. The van der Waals surface area contributed by atoms with Crippen LogP contribution in [0.5, 0.6) is 11.5 Å². The Labute approximate surface area is 205 Å². The smallest absolute Gasteiger partial charge is 0.306 e. The van der Waals surface area contributed by atoms with E-state index in [2.05, 4.69) is 10.0 Å². The zero-order chi connectivity index (χ0) is 26.2. The molecule has 5 N–H and O–H groups in total. The second-order valence-corrected chi connectivity index (χ2v) is 9.94. The van der Waals surface area contributed by atoms with Crippen LogP contribution in [0, 0.1) is 19.8 Å². The molecule has 0 aliphatic heterocycles. The summed E-state index contributed by atoms with van der Waals surface area (Å²) in [4.78, 5) is 22.9. The van der Waals surface area contributed by atoms with Crippen LogP contribution >= 0.6 is 0 Å². The number of hydrogen-bond acceptors (Lipinski definition) is 7. The van der Waals surface area contributed by atoms with E-state index in [4.69, 9.17) is 20.3 Å². The number of nitrogens with one attached hydrogen (secondary N) is 2. The van der Waals surface area contributed by atoms with E-state index in [1.165, 1.54) is 19.2 Å². The molecule has 0 aliphatic rings. The van der Waals surface area contributed by atoms with Crippen LogP contribution in [0.3, 0.4) is 0 Å². The minimum atomic E-state index is -3.94. The topological polar surface area (TPSA) is 157 Å². The van der Waals surface area contributed by atoms with Crippen LogP contribution < -0.4 is 25.2 Å². The van der Waals surface area contributed by atoms with Crippen LogP contribution in [-0.2, 0) is 19.6 Å². The highest BCUT2D eigenvalue weighted by Crippen LogP contribution is 2.30. The summed E-state index contributed by atoms with van der Waals surface area (Å²) in [7, 11) is -2.45. The molecule has 0 fully saturated rings. The number of hydrogen-bond donors (Lipinski definition) is 4. The fourth-order valence-electron chi connectivity index (χ4n) is 3.50. The van der Waals surface area contributed by atoms with Gasteiger partial charge in [0.05, 0.1) is 29.3 Å².